The predicted molar refractivity (Wildman–Crippen MR) is 114 cm³/mol. The number of carbonyl (C=O) groups excluding carboxylic acids is 2. The molecule has 0 bridgehead atoms. The number of halogens is 1. The highest BCUT2D eigenvalue weighted by molar-refractivity contribution is 6.46. The van der Waals surface area contributed by atoms with Crippen molar-refractivity contribution in [2.75, 3.05) is 17.3 Å². The van der Waals surface area contributed by atoms with Gasteiger partial charge in [0.1, 0.15) is 17.3 Å². The fourth-order valence-electron chi connectivity index (χ4n) is 3.34. The number of nitrogens with one attached hydrogen (secondary N) is 1. The van der Waals surface area contributed by atoms with Crippen LogP contribution in [0.4, 0.5) is 15.8 Å². The van der Waals surface area contributed by atoms with E-state index in [4.69, 9.17) is 4.74 Å². The molecule has 30 heavy (non-hydrogen) atoms. The fraction of sp³-hybridized carbons (Fsp3) is 0.0833. The summed E-state index contributed by atoms with van der Waals surface area (Å²) >= 11 is 0. The van der Waals surface area contributed by atoms with Gasteiger partial charge in [0.05, 0.1) is 24.1 Å². The molecule has 4 rings (SSSR count). The number of methoxy groups -OCH3 is 1. The number of hydrogen-bond acceptors (Lipinski definition) is 4. The normalized spacial score (nSPS) is 13.8. The zero-order valence-electron chi connectivity index (χ0n) is 16.5. The zero-order valence-corrected chi connectivity index (χ0v) is 16.5. The van der Waals surface area contributed by atoms with Crippen LogP contribution < -0.4 is 15.0 Å². The Balaban J connectivity index is 1.83. The highest BCUT2D eigenvalue weighted by Crippen LogP contribution is 2.35. The number of aryl methyl sites for hydroxylation is 1. The van der Waals surface area contributed by atoms with Crippen molar-refractivity contribution < 1.29 is 18.7 Å². The first-order chi connectivity index (χ1) is 14.5. The molecule has 1 N–H and O–H groups in total. The van der Waals surface area contributed by atoms with Crippen molar-refractivity contribution in [1.29, 1.82) is 0 Å². The van der Waals surface area contributed by atoms with Crippen molar-refractivity contribution >= 4 is 28.8 Å². The van der Waals surface area contributed by atoms with E-state index in [0.717, 1.165) is 10.5 Å². The van der Waals surface area contributed by atoms with Gasteiger partial charge in [-0.1, -0.05) is 42.0 Å². The number of para-hydroxylation sites is 2. The third-order valence-corrected chi connectivity index (χ3v) is 4.88. The van der Waals surface area contributed by atoms with Gasteiger partial charge in [0.15, 0.2) is 0 Å². The molecule has 2 amide bonds. The zero-order chi connectivity index (χ0) is 21.3. The minimum atomic E-state index is -0.520. The number of ether oxygens (including phenoxy) is 1. The third kappa shape index (κ3) is 3.43. The van der Waals surface area contributed by atoms with Gasteiger partial charge in [0, 0.05) is 0 Å². The fourth-order valence-corrected chi connectivity index (χ4v) is 3.34. The molecule has 0 aromatic heterocycles. The lowest BCUT2D eigenvalue weighted by Crippen LogP contribution is -2.32. The van der Waals surface area contributed by atoms with Gasteiger partial charge in [-0.05, 0) is 48.9 Å². The summed E-state index contributed by atoms with van der Waals surface area (Å²) in [6.45, 7) is 1.94. The summed E-state index contributed by atoms with van der Waals surface area (Å²) in [7, 11) is 1.53. The molecule has 3 aromatic rings. The van der Waals surface area contributed by atoms with Crippen LogP contribution in [0.3, 0.4) is 0 Å². The Hall–Kier alpha value is -3.93. The minimum Gasteiger partial charge on any atom is -0.495 e. The molecule has 150 valence electrons. The number of benzene rings is 3. The summed E-state index contributed by atoms with van der Waals surface area (Å²) in [6, 6.07) is 19.7. The molecule has 0 saturated heterocycles. The second kappa shape index (κ2) is 7.83. The Morgan fingerprint density at radius 1 is 0.867 bits per heavy atom. The monoisotopic (exact) mass is 402 g/mol. The number of carbonyl (C=O) groups is 2. The van der Waals surface area contributed by atoms with Crippen LogP contribution in [0.25, 0.3) is 5.57 Å². The lowest BCUT2D eigenvalue weighted by atomic mass is 10.0. The Morgan fingerprint density at radius 2 is 1.53 bits per heavy atom. The van der Waals surface area contributed by atoms with Crippen molar-refractivity contribution in [1.82, 2.24) is 0 Å². The lowest BCUT2D eigenvalue weighted by Gasteiger charge is -2.16. The van der Waals surface area contributed by atoms with Crippen LogP contribution in [0.5, 0.6) is 5.75 Å². The van der Waals surface area contributed by atoms with Gasteiger partial charge in [-0.15, -0.1) is 0 Å². The molecule has 1 aliphatic rings. The van der Waals surface area contributed by atoms with Crippen molar-refractivity contribution in [2.45, 2.75) is 6.92 Å². The maximum absolute atomic E-state index is 13.4. The van der Waals surface area contributed by atoms with E-state index < -0.39 is 17.6 Å². The third-order valence-electron chi connectivity index (χ3n) is 4.88. The first kappa shape index (κ1) is 19.4. The maximum atomic E-state index is 13.4. The van der Waals surface area contributed by atoms with Gasteiger partial charge in [0.25, 0.3) is 11.8 Å². The van der Waals surface area contributed by atoms with E-state index >= 15 is 0 Å². The van der Waals surface area contributed by atoms with Gasteiger partial charge in [-0.25, -0.2) is 9.29 Å². The van der Waals surface area contributed by atoms with Gasteiger partial charge in [0.2, 0.25) is 0 Å². The number of rotatable bonds is 5. The molecule has 3 aromatic carbocycles. The second-order valence-electron chi connectivity index (χ2n) is 6.86. The predicted octanol–water partition coefficient (Wildman–Crippen LogP) is 4.54. The lowest BCUT2D eigenvalue weighted by molar-refractivity contribution is -0.120. The van der Waals surface area contributed by atoms with Crippen LogP contribution in [-0.2, 0) is 9.59 Å². The first-order valence-electron chi connectivity index (χ1n) is 9.35. The van der Waals surface area contributed by atoms with Crippen LogP contribution >= 0.6 is 0 Å². The summed E-state index contributed by atoms with van der Waals surface area (Å²) in [6.07, 6.45) is 0. The molecule has 0 saturated carbocycles. The molecule has 1 heterocycles. The standard InChI is InChI=1S/C24H19FN2O3/c1-15-7-9-16(10-8-15)21-22(26-19-5-3-4-6-20(19)30-2)24(29)27(23(21)28)18-13-11-17(25)12-14-18/h3-14,26H,1-2H3. The molecule has 0 spiro atoms. The van der Waals surface area contributed by atoms with E-state index in [1.165, 1.54) is 31.4 Å². The second-order valence-corrected chi connectivity index (χ2v) is 6.86. The minimum absolute atomic E-state index is 0.137. The Bertz CT molecular complexity index is 1150. The van der Waals surface area contributed by atoms with E-state index in [-0.39, 0.29) is 11.3 Å². The topological polar surface area (TPSA) is 58.6 Å². The van der Waals surface area contributed by atoms with Gasteiger partial charge < -0.3 is 10.1 Å². The highest BCUT2D eigenvalue weighted by Gasteiger charge is 2.40. The number of hydrogen-bond donors (Lipinski definition) is 1. The average molecular weight is 402 g/mol. The average Bonchev–Trinajstić information content (AvgIpc) is 2.99. The molecule has 0 radical (unpaired) electrons. The summed E-state index contributed by atoms with van der Waals surface area (Å²) < 4.78 is 18.7. The summed E-state index contributed by atoms with van der Waals surface area (Å²) in [5.41, 5.74) is 2.88. The Morgan fingerprint density at radius 3 is 2.20 bits per heavy atom. The van der Waals surface area contributed by atoms with Gasteiger partial charge in [-0.3, -0.25) is 9.59 Å². The first-order valence-corrected chi connectivity index (χ1v) is 9.35. The molecule has 0 aliphatic carbocycles. The molecule has 6 heteroatoms. The van der Waals surface area contributed by atoms with E-state index in [1.54, 1.807) is 30.3 Å². The summed E-state index contributed by atoms with van der Waals surface area (Å²) in [5, 5.41) is 3.08. The maximum Gasteiger partial charge on any atom is 0.282 e. The molecular formula is C24H19FN2O3. The van der Waals surface area contributed by atoms with Crippen LogP contribution in [0.15, 0.2) is 78.5 Å². The van der Waals surface area contributed by atoms with Crippen molar-refractivity contribution in [3.63, 3.8) is 0 Å². The van der Waals surface area contributed by atoms with E-state index in [9.17, 15) is 14.0 Å². The van der Waals surface area contributed by atoms with E-state index in [2.05, 4.69) is 5.32 Å². The van der Waals surface area contributed by atoms with Crippen LogP contribution in [0.2, 0.25) is 0 Å². The molecular weight excluding hydrogens is 383 g/mol. The largest absolute Gasteiger partial charge is 0.495 e. The van der Waals surface area contributed by atoms with Crippen molar-refractivity contribution in [3.8, 4) is 5.75 Å². The number of anilines is 2. The molecule has 1 aliphatic heterocycles. The van der Waals surface area contributed by atoms with E-state index in [1.807, 2.05) is 25.1 Å². The van der Waals surface area contributed by atoms with Crippen molar-refractivity contribution in [3.05, 3.63) is 95.4 Å². The van der Waals surface area contributed by atoms with Gasteiger partial charge in [-0.2, -0.15) is 0 Å². The van der Waals surface area contributed by atoms with E-state index in [0.29, 0.717) is 22.7 Å². The molecule has 5 nitrogen and oxygen atoms in total. The number of amides is 2. The number of nitrogens with zero attached hydrogens (tertiary/aromatic N) is 1. The van der Waals surface area contributed by atoms with Crippen LogP contribution in [-0.4, -0.2) is 18.9 Å². The molecule has 0 fully saturated rings. The highest BCUT2D eigenvalue weighted by atomic mass is 19.1. The number of imide groups is 1. The quantitative estimate of drug-likeness (QED) is 0.637. The molecule has 0 atom stereocenters. The van der Waals surface area contributed by atoms with Gasteiger partial charge >= 0.3 is 0 Å². The van der Waals surface area contributed by atoms with Crippen LogP contribution in [0, 0.1) is 12.7 Å². The summed E-state index contributed by atoms with van der Waals surface area (Å²) in [5.74, 6) is -0.911. The van der Waals surface area contributed by atoms with Crippen molar-refractivity contribution in [2.24, 2.45) is 0 Å². The molecule has 0 unspecified atom stereocenters. The smallest absolute Gasteiger partial charge is 0.282 e. The Kier molecular flexibility index (Phi) is 5.06. The summed E-state index contributed by atoms with van der Waals surface area (Å²) in [4.78, 5) is 27.7. The Labute approximate surface area is 173 Å². The SMILES string of the molecule is COc1ccccc1NC1=C(c2ccc(C)cc2)C(=O)N(c2ccc(F)cc2)C1=O. The van der Waals surface area contributed by atoms with Crippen LogP contribution in [0.1, 0.15) is 11.1 Å².